The first-order chi connectivity index (χ1) is 12.9. The lowest BCUT2D eigenvalue weighted by Crippen LogP contribution is -2.38. The number of carbonyl (C=O) groups is 2. The molecule has 142 valence electrons. The van der Waals surface area contributed by atoms with Gasteiger partial charge in [-0.3, -0.25) is 4.79 Å². The van der Waals surface area contributed by atoms with Crippen LogP contribution < -0.4 is 20.7 Å². The number of anilines is 1. The van der Waals surface area contributed by atoms with Gasteiger partial charge in [-0.1, -0.05) is 17.7 Å². The number of urea groups is 1. The highest BCUT2D eigenvalue weighted by atomic mass is 35.5. The van der Waals surface area contributed by atoms with Crippen molar-refractivity contribution in [2.24, 2.45) is 0 Å². The molecule has 3 N–H and O–H groups in total. The third-order valence-electron chi connectivity index (χ3n) is 4.10. The molecule has 6 nitrogen and oxygen atoms in total. The van der Waals surface area contributed by atoms with Crippen molar-refractivity contribution in [3.05, 3.63) is 58.1 Å². The molecule has 3 rings (SSSR count). The molecule has 0 unspecified atom stereocenters. The van der Waals surface area contributed by atoms with Crippen molar-refractivity contribution >= 4 is 29.2 Å². The minimum absolute atomic E-state index is 0.0577. The topological polar surface area (TPSA) is 79.5 Å². The molecule has 3 amide bonds. The molecule has 0 aliphatic carbocycles. The van der Waals surface area contributed by atoms with Crippen LogP contribution in [0.4, 0.5) is 19.3 Å². The van der Waals surface area contributed by atoms with Crippen LogP contribution >= 0.6 is 11.6 Å². The number of rotatable bonds is 3. The SMILES string of the molecule is CNC(=O)N[C@H]1CCOc2c1ccc(Cl)c2C(=O)Nc1ccc(F)c(F)c1. The van der Waals surface area contributed by atoms with E-state index in [2.05, 4.69) is 16.0 Å². The van der Waals surface area contributed by atoms with E-state index in [1.165, 1.54) is 19.2 Å². The van der Waals surface area contributed by atoms with Crippen molar-refractivity contribution in [1.29, 1.82) is 0 Å². The van der Waals surface area contributed by atoms with Crippen molar-refractivity contribution in [1.82, 2.24) is 10.6 Å². The predicted octanol–water partition coefficient (Wildman–Crippen LogP) is 3.62. The third kappa shape index (κ3) is 3.95. The highest BCUT2D eigenvalue weighted by Gasteiger charge is 2.29. The van der Waals surface area contributed by atoms with Crippen LogP contribution in [0.15, 0.2) is 30.3 Å². The first kappa shape index (κ1) is 18.9. The maximum atomic E-state index is 13.4. The van der Waals surface area contributed by atoms with Crippen molar-refractivity contribution < 1.29 is 23.1 Å². The second kappa shape index (κ2) is 7.79. The maximum absolute atomic E-state index is 13.4. The first-order valence-corrected chi connectivity index (χ1v) is 8.48. The largest absolute Gasteiger partial charge is 0.492 e. The summed E-state index contributed by atoms with van der Waals surface area (Å²) in [5.74, 6) is -2.49. The Kier molecular flexibility index (Phi) is 5.46. The van der Waals surface area contributed by atoms with Crippen molar-refractivity contribution in [3.63, 3.8) is 0 Å². The van der Waals surface area contributed by atoms with Crippen LogP contribution in [-0.4, -0.2) is 25.6 Å². The van der Waals surface area contributed by atoms with Crippen molar-refractivity contribution in [3.8, 4) is 5.75 Å². The molecule has 2 aromatic rings. The van der Waals surface area contributed by atoms with Gasteiger partial charge in [0, 0.05) is 30.8 Å². The molecule has 0 fully saturated rings. The average molecular weight is 396 g/mol. The smallest absolute Gasteiger partial charge is 0.315 e. The second-order valence-corrected chi connectivity index (χ2v) is 6.24. The lowest BCUT2D eigenvalue weighted by Gasteiger charge is -2.28. The Morgan fingerprint density at radius 2 is 1.96 bits per heavy atom. The van der Waals surface area contributed by atoms with Gasteiger partial charge in [0.2, 0.25) is 0 Å². The highest BCUT2D eigenvalue weighted by Crippen LogP contribution is 2.38. The number of halogens is 3. The number of hydrogen-bond donors (Lipinski definition) is 3. The molecule has 1 aliphatic rings. The normalized spacial score (nSPS) is 15.3. The molecule has 1 aliphatic heterocycles. The molecular formula is C18H16ClF2N3O3. The van der Waals surface area contributed by atoms with Gasteiger partial charge in [0.1, 0.15) is 11.3 Å². The summed E-state index contributed by atoms with van der Waals surface area (Å²) < 4.78 is 32.1. The number of hydrogen-bond acceptors (Lipinski definition) is 3. The van der Waals surface area contributed by atoms with Gasteiger partial charge in [-0.15, -0.1) is 0 Å². The second-order valence-electron chi connectivity index (χ2n) is 5.84. The van der Waals surface area contributed by atoms with E-state index in [0.29, 0.717) is 12.0 Å². The summed E-state index contributed by atoms with van der Waals surface area (Å²) in [7, 11) is 1.50. The Morgan fingerprint density at radius 1 is 1.19 bits per heavy atom. The van der Waals surface area contributed by atoms with Crippen molar-refractivity contribution in [2.75, 3.05) is 19.0 Å². The predicted molar refractivity (Wildman–Crippen MR) is 96.2 cm³/mol. The van der Waals surface area contributed by atoms with E-state index in [9.17, 15) is 18.4 Å². The molecule has 9 heteroatoms. The van der Waals surface area contributed by atoms with Crippen molar-refractivity contribution in [2.45, 2.75) is 12.5 Å². The van der Waals surface area contributed by atoms with Crippen LogP contribution in [-0.2, 0) is 0 Å². The Bertz CT molecular complexity index is 908. The molecule has 0 bridgehead atoms. The fraction of sp³-hybridized carbons (Fsp3) is 0.222. The molecule has 1 atom stereocenters. The zero-order valence-electron chi connectivity index (χ0n) is 14.2. The van der Waals surface area contributed by atoms with Gasteiger partial charge in [-0.05, 0) is 18.2 Å². The minimum atomic E-state index is -1.08. The summed E-state index contributed by atoms with van der Waals surface area (Å²) in [6.07, 6.45) is 0.520. The Labute approximate surface area is 158 Å². The standard InChI is InChI=1S/C18H16ClF2N3O3/c1-22-18(26)24-14-6-7-27-16-10(14)3-4-11(19)15(16)17(25)23-9-2-5-12(20)13(21)8-9/h2-5,8,14H,6-7H2,1H3,(H,23,25)(H2,22,24,26)/t14-/m0/s1. The van der Waals surface area contributed by atoms with E-state index in [4.69, 9.17) is 16.3 Å². The van der Waals surface area contributed by atoms with Gasteiger partial charge in [-0.2, -0.15) is 0 Å². The van der Waals surface area contributed by atoms with Crippen LogP contribution in [0.25, 0.3) is 0 Å². The fourth-order valence-electron chi connectivity index (χ4n) is 2.80. The number of fused-ring (bicyclic) bond motifs is 1. The summed E-state index contributed by atoms with van der Waals surface area (Å²) in [5, 5.41) is 7.86. The molecule has 0 spiro atoms. The number of ether oxygens (including phenoxy) is 1. The Balaban J connectivity index is 1.93. The molecule has 0 aromatic heterocycles. The number of benzene rings is 2. The third-order valence-corrected chi connectivity index (χ3v) is 4.42. The number of carbonyl (C=O) groups excluding carboxylic acids is 2. The van der Waals surface area contributed by atoms with Gasteiger partial charge >= 0.3 is 6.03 Å². The van der Waals surface area contributed by atoms with Gasteiger partial charge in [0.25, 0.3) is 5.91 Å². The van der Waals surface area contributed by atoms with Crippen LogP contribution in [0.2, 0.25) is 5.02 Å². The molecule has 27 heavy (non-hydrogen) atoms. The van der Waals surface area contributed by atoms with Gasteiger partial charge in [0.15, 0.2) is 11.6 Å². The average Bonchev–Trinajstić information content (AvgIpc) is 2.64. The zero-order valence-corrected chi connectivity index (χ0v) is 15.0. The minimum Gasteiger partial charge on any atom is -0.492 e. The fourth-order valence-corrected chi connectivity index (χ4v) is 3.03. The zero-order chi connectivity index (χ0) is 19.6. The summed E-state index contributed by atoms with van der Waals surface area (Å²) in [6.45, 7) is 0.271. The van der Waals surface area contributed by atoms with Crippen LogP contribution in [0, 0.1) is 11.6 Å². The lowest BCUT2D eigenvalue weighted by atomic mass is 9.97. The molecular weight excluding hydrogens is 380 g/mol. The summed E-state index contributed by atoms with van der Waals surface area (Å²) in [6, 6.07) is 5.48. The summed E-state index contributed by atoms with van der Waals surface area (Å²) >= 11 is 6.18. The van der Waals surface area contributed by atoms with Crippen LogP contribution in [0.1, 0.15) is 28.4 Å². The highest BCUT2D eigenvalue weighted by molar-refractivity contribution is 6.35. The van der Waals surface area contributed by atoms with Gasteiger partial charge < -0.3 is 20.7 Å². The Morgan fingerprint density at radius 3 is 2.67 bits per heavy atom. The van der Waals surface area contributed by atoms with Crippen LogP contribution in [0.5, 0.6) is 5.75 Å². The van der Waals surface area contributed by atoms with E-state index in [1.807, 2.05) is 0 Å². The number of nitrogens with one attached hydrogen (secondary N) is 3. The van der Waals surface area contributed by atoms with Gasteiger partial charge in [-0.25, -0.2) is 13.6 Å². The number of amides is 3. The van der Waals surface area contributed by atoms with E-state index in [0.717, 1.165) is 12.1 Å². The summed E-state index contributed by atoms with van der Waals surface area (Å²) in [4.78, 5) is 24.3. The van der Waals surface area contributed by atoms with E-state index in [-0.39, 0.29) is 40.7 Å². The Hall–Kier alpha value is -2.87. The van der Waals surface area contributed by atoms with Gasteiger partial charge in [0.05, 0.1) is 17.7 Å². The molecule has 0 saturated carbocycles. The molecule has 0 radical (unpaired) electrons. The molecule has 1 heterocycles. The first-order valence-electron chi connectivity index (χ1n) is 8.10. The quantitative estimate of drug-likeness (QED) is 0.742. The van der Waals surface area contributed by atoms with E-state index in [1.54, 1.807) is 6.07 Å². The molecule has 2 aromatic carbocycles. The van der Waals surface area contributed by atoms with Crippen LogP contribution in [0.3, 0.4) is 0 Å². The van der Waals surface area contributed by atoms with E-state index >= 15 is 0 Å². The summed E-state index contributed by atoms with van der Waals surface area (Å²) in [5.41, 5.74) is 0.732. The monoisotopic (exact) mass is 395 g/mol. The lowest BCUT2D eigenvalue weighted by molar-refractivity contribution is 0.102. The molecule has 0 saturated heterocycles. The maximum Gasteiger partial charge on any atom is 0.315 e. The van der Waals surface area contributed by atoms with E-state index < -0.39 is 17.5 Å².